The molecule has 0 aliphatic heterocycles. The van der Waals surface area contributed by atoms with Crippen LogP contribution in [0, 0.1) is 6.92 Å². The fourth-order valence-corrected chi connectivity index (χ4v) is 2.41. The number of ether oxygens (including phenoxy) is 1. The monoisotopic (exact) mass is 236 g/mol. The molecule has 1 aliphatic carbocycles. The van der Waals surface area contributed by atoms with Crippen molar-refractivity contribution in [2.75, 3.05) is 13.2 Å². The first-order valence-electron chi connectivity index (χ1n) is 6.25. The van der Waals surface area contributed by atoms with Crippen molar-refractivity contribution in [1.29, 1.82) is 0 Å². The van der Waals surface area contributed by atoms with Crippen LogP contribution < -0.4 is 4.74 Å². The van der Waals surface area contributed by atoms with Gasteiger partial charge in [-0.05, 0) is 55.4 Å². The van der Waals surface area contributed by atoms with Gasteiger partial charge < -0.3 is 14.9 Å². The van der Waals surface area contributed by atoms with Gasteiger partial charge in [0.05, 0.1) is 6.10 Å². The predicted octanol–water partition coefficient (Wildman–Crippen LogP) is 1.61. The van der Waals surface area contributed by atoms with E-state index < -0.39 is 6.10 Å². The van der Waals surface area contributed by atoms with Crippen LogP contribution >= 0.6 is 0 Å². The van der Waals surface area contributed by atoms with Gasteiger partial charge in [0, 0.05) is 6.61 Å². The van der Waals surface area contributed by atoms with E-state index in [2.05, 4.69) is 13.0 Å². The highest BCUT2D eigenvalue weighted by Gasteiger charge is 2.18. The lowest BCUT2D eigenvalue weighted by Crippen LogP contribution is -2.19. The van der Waals surface area contributed by atoms with E-state index in [4.69, 9.17) is 9.84 Å². The van der Waals surface area contributed by atoms with Crippen molar-refractivity contribution in [2.24, 2.45) is 0 Å². The summed E-state index contributed by atoms with van der Waals surface area (Å²) in [6, 6.07) is 4.07. The maximum absolute atomic E-state index is 9.53. The molecule has 0 saturated carbocycles. The molecule has 2 rings (SSSR count). The average Bonchev–Trinajstić information content (AvgIpc) is 2.78. The molecule has 3 heteroatoms. The van der Waals surface area contributed by atoms with Crippen LogP contribution in [-0.2, 0) is 12.8 Å². The van der Waals surface area contributed by atoms with Gasteiger partial charge in [0.1, 0.15) is 12.4 Å². The first-order chi connectivity index (χ1) is 8.22. The molecule has 0 aromatic heterocycles. The summed E-state index contributed by atoms with van der Waals surface area (Å²) < 4.78 is 5.66. The summed E-state index contributed by atoms with van der Waals surface area (Å²) in [4.78, 5) is 0. The fourth-order valence-electron chi connectivity index (χ4n) is 2.41. The first-order valence-corrected chi connectivity index (χ1v) is 6.25. The lowest BCUT2D eigenvalue weighted by atomic mass is 10.0. The summed E-state index contributed by atoms with van der Waals surface area (Å²) >= 11 is 0. The number of hydrogen-bond acceptors (Lipinski definition) is 3. The minimum Gasteiger partial charge on any atom is -0.491 e. The quantitative estimate of drug-likeness (QED) is 0.816. The Morgan fingerprint density at radius 2 is 2.06 bits per heavy atom. The second-order valence-electron chi connectivity index (χ2n) is 4.67. The molecule has 3 nitrogen and oxygen atoms in total. The van der Waals surface area contributed by atoms with Gasteiger partial charge in [0.2, 0.25) is 0 Å². The molecule has 1 aliphatic rings. The summed E-state index contributed by atoms with van der Waals surface area (Å²) in [7, 11) is 0. The van der Waals surface area contributed by atoms with Gasteiger partial charge in [-0.1, -0.05) is 6.07 Å². The van der Waals surface area contributed by atoms with E-state index in [0.29, 0.717) is 6.42 Å². The minimum atomic E-state index is -0.585. The zero-order chi connectivity index (χ0) is 12.3. The highest BCUT2D eigenvalue weighted by atomic mass is 16.5. The van der Waals surface area contributed by atoms with Crippen LogP contribution in [0.25, 0.3) is 0 Å². The zero-order valence-electron chi connectivity index (χ0n) is 10.3. The Morgan fingerprint density at radius 3 is 2.82 bits per heavy atom. The molecule has 2 N–H and O–H groups in total. The molecule has 94 valence electrons. The molecule has 0 amide bonds. The van der Waals surface area contributed by atoms with Gasteiger partial charge in [-0.25, -0.2) is 0 Å². The summed E-state index contributed by atoms with van der Waals surface area (Å²) in [5.41, 5.74) is 4.06. The van der Waals surface area contributed by atoms with Crippen LogP contribution in [0.4, 0.5) is 0 Å². The third-order valence-electron chi connectivity index (χ3n) is 3.37. The Labute approximate surface area is 102 Å². The van der Waals surface area contributed by atoms with Gasteiger partial charge in [-0.2, -0.15) is 0 Å². The predicted molar refractivity (Wildman–Crippen MR) is 66.4 cm³/mol. The van der Waals surface area contributed by atoms with Crippen LogP contribution in [0.15, 0.2) is 12.1 Å². The van der Waals surface area contributed by atoms with Crippen molar-refractivity contribution in [3.05, 3.63) is 28.8 Å². The Kier molecular flexibility index (Phi) is 4.02. The molecular weight excluding hydrogens is 216 g/mol. The SMILES string of the molecule is Cc1ccc(OCC(O)CCO)c2c1CCC2. The van der Waals surface area contributed by atoms with E-state index in [-0.39, 0.29) is 13.2 Å². The summed E-state index contributed by atoms with van der Waals surface area (Å²) in [5, 5.41) is 18.2. The number of rotatable bonds is 5. The molecule has 1 unspecified atom stereocenters. The van der Waals surface area contributed by atoms with Gasteiger partial charge in [-0.3, -0.25) is 0 Å². The summed E-state index contributed by atoms with van der Waals surface area (Å²) in [6.07, 6.45) is 3.18. The maximum atomic E-state index is 9.53. The zero-order valence-corrected chi connectivity index (χ0v) is 10.3. The Hall–Kier alpha value is -1.06. The number of aliphatic hydroxyl groups excluding tert-OH is 2. The van der Waals surface area contributed by atoms with Gasteiger partial charge in [0.25, 0.3) is 0 Å². The Balaban J connectivity index is 2.05. The topological polar surface area (TPSA) is 49.7 Å². The second-order valence-corrected chi connectivity index (χ2v) is 4.67. The number of aryl methyl sites for hydroxylation is 1. The third-order valence-corrected chi connectivity index (χ3v) is 3.37. The maximum Gasteiger partial charge on any atom is 0.122 e. The van der Waals surface area contributed by atoms with Gasteiger partial charge >= 0.3 is 0 Å². The molecule has 0 fully saturated rings. The van der Waals surface area contributed by atoms with Crippen LogP contribution in [0.1, 0.15) is 29.5 Å². The molecule has 1 aromatic rings. The number of fused-ring (bicyclic) bond motifs is 1. The molecule has 17 heavy (non-hydrogen) atoms. The van der Waals surface area contributed by atoms with Crippen molar-refractivity contribution < 1.29 is 14.9 Å². The highest BCUT2D eigenvalue weighted by molar-refractivity contribution is 5.47. The number of benzene rings is 1. The molecule has 0 radical (unpaired) electrons. The van der Waals surface area contributed by atoms with E-state index in [1.165, 1.54) is 23.1 Å². The van der Waals surface area contributed by atoms with Crippen molar-refractivity contribution in [1.82, 2.24) is 0 Å². The molecule has 0 saturated heterocycles. The van der Waals surface area contributed by atoms with Crippen molar-refractivity contribution in [3.63, 3.8) is 0 Å². The molecule has 0 heterocycles. The highest BCUT2D eigenvalue weighted by Crippen LogP contribution is 2.33. The van der Waals surface area contributed by atoms with Crippen LogP contribution in [0.3, 0.4) is 0 Å². The van der Waals surface area contributed by atoms with Gasteiger partial charge in [0.15, 0.2) is 0 Å². The summed E-state index contributed by atoms with van der Waals surface area (Å²) in [5.74, 6) is 0.903. The molecule has 1 atom stereocenters. The van der Waals surface area contributed by atoms with E-state index in [9.17, 15) is 5.11 Å². The molecule has 0 spiro atoms. The lowest BCUT2D eigenvalue weighted by molar-refractivity contribution is 0.0818. The van der Waals surface area contributed by atoms with E-state index in [1.807, 2.05) is 6.07 Å². The van der Waals surface area contributed by atoms with E-state index >= 15 is 0 Å². The third kappa shape index (κ3) is 2.79. The van der Waals surface area contributed by atoms with Crippen LogP contribution in [-0.4, -0.2) is 29.5 Å². The van der Waals surface area contributed by atoms with Crippen molar-refractivity contribution >= 4 is 0 Å². The van der Waals surface area contributed by atoms with E-state index in [0.717, 1.165) is 18.6 Å². The standard InChI is InChI=1S/C14H20O3/c1-10-5-6-14(13-4-2-3-12(10)13)17-9-11(16)7-8-15/h5-6,11,15-16H,2-4,7-9H2,1H3. The molecular formula is C14H20O3. The lowest BCUT2D eigenvalue weighted by Gasteiger charge is -2.15. The largest absolute Gasteiger partial charge is 0.491 e. The van der Waals surface area contributed by atoms with Crippen LogP contribution in [0.5, 0.6) is 5.75 Å². The number of hydrogen-bond donors (Lipinski definition) is 2. The first kappa shape index (κ1) is 12.4. The van der Waals surface area contributed by atoms with Crippen molar-refractivity contribution in [3.8, 4) is 5.75 Å². The smallest absolute Gasteiger partial charge is 0.122 e. The average molecular weight is 236 g/mol. The Morgan fingerprint density at radius 1 is 1.29 bits per heavy atom. The molecule has 0 bridgehead atoms. The minimum absolute atomic E-state index is 0.00344. The fraction of sp³-hybridized carbons (Fsp3) is 0.571. The molecule has 1 aromatic carbocycles. The second kappa shape index (κ2) is 5.52. The van der Waals surface area contributed by atoms with Crippen LogP contribution in [0.2, 0.25) is 0 Å². The number of aliphatic hydroxyl groups is 2. The normalized spacial score (nSPS) is 15.7. The Bertz CT molecular complexity index is 387. The van der Waals surface area contributed by atoms with Gasteiger partial charge in [-0.15, -0.1) is 0 Å². The summed E-state index contributed by atoms with van der Waals surface area (Å²) in [6.45, 7) is 2.39. The van der Waals surface area contributed by atoms with E-state index in [1.54, 1.807) is 0 Å². The van der Waals surface area contributed by atoms with Crippen molar-refractivity contribution in [2.45, 2.75) is 38.7 Å².